The van der Waals surface area contributed by atoms with Crippen molar-refractivity contribution in [1.82, 2.24) is 9.97 Å². The fourth-order valence-electron chi connectivity index (χ4n) is 7.20. The third kappa shape index (κ3) is 5.04. The van der Waals surface area contributed by atoms with Gasteiger partial charge in [0.1, 0.15) is 0 Å². The zero-order valence-electron chi connectivity index (χ0n) is 21.1. The fourth-order valence-corrected chi connectivity index (χ4v) is 7.20. The van der Waals surface area contributed by atoms with Crippen LogP contribution in [0, 0.1) is 12.1 Å². The van der Waals surface area contributed by atoms with Gasteiger partial charge >= 0.3 is 0 Å². The second-order valence-corrected chi connectivity index (χ2v) is 11.0. The first kappa shape index (κ1) is 27.0. The Balaban J connectivity index is 0.000000180. The average molecular weight is 677 g/mol. The number of nitrogens with zero attached hydrogens (tertiary/aromatic N) is 2. The molecule has 0 amide bonds. The van der Waals surface area contributed by atoms with Crippen LogP contribution in [0.1, 0.15) is 105 Å². The van der Waals surface area contributed by atoms with Crippen molar-refractivity contribution >= 4 is 0 Å². The van der Waals surface area contributed by atoms with Crippen LogP contribution in [-0.2, 0) is 20.1 Å². The summed E-state index contributed by atoms with van der Waals surface area (Å²) in [6, 6.07) is 27.5. The van der Waals surface area contributed by atoms with Gasteiger partial charge in [-0.25, -0.2) is 0 Å². The smallest absolute Gasteiger partial charge is 0.0198 e. The second-order valence-electron chi connectivity index (χ2n) is 11.0. The average Bonchev–Trinajstić information content (AvgIpc) is 2.99. The molecular formula is C35H36IrN2-2. The molecule has 2 saturated carbocycles. The number of fused-ring (bicyclic) bond motifs is 4. The van der Waals surface area contributed by atoms with Gasteiger partial charge in [-0.2, -0.15) is 0 Å². The largest absolute Gasteiger partial charge is 0.305 e. The zero-order valence-corrected chi connectivity index (χ0v) is 23.5. The molecule has 3 heteroatoms. The van der Waals surface area contributed by atoms with Gasteiger partial charge in [0, 0.05) is 32.5 Å². The van der Waals surface area contributed by atoms with Crippen LogP contribution in [0.5, 0.6) is 0 Å². The minimum absolute atomic E-state index is 0. The molecule has 0 aliphatic heterocycles. The van der Waals surface area contributed by atoms with Crippen LogP contribution in [0.25, 0.3) is 22.5 Å². The molecule has 0 spiro atoms. The summed E-state index contributed by atoms with van der Waals surface area (Å²) in [4.78, 5) is 9.08. The van der Waals surface area contributed by atoms with Crippen LogP contribution in [-0.4, -0.2) is 9.97 Å². The van der Waals surface area contributed by atoms with E-state index in [4.69, 9.17) is 4.98 Å². The molecule has 0 unspecified atom stereocenters. The summed E-state index contributed by atoms with van der Waals surface area (Å²) in [5.74, 6) is 3.18. The third-order valence-electron chi connectivity index (χ3n) is 9.12. The van der Waals surface area contributed by atoms with Gasteiger partial charge in [-0.15, -0.1) is 70.8 Å². The van der Waals surface area contributed by atoms with Crippen LogP contribution in [0.2, 0.25) is 0 Å². The Morgan fingerprint density at radius 1 is 0.579 bits per heavy atom. The number of hydrogen-bond acceptors (Lipinski definition) is 2. The Kier molecular flexibility index (Phi) is 8.26. The molecule has 0 atom stereocenters. The van der Waals surface area contributed by atoms with E-state index in [1.807, 2.05) is 42.5 Å². The molecule has 0 saturated heterocycles. The molecule has 0 N–H and O–H groups in total. The van der Waals surface area contributed by atoms with Gasteiger partial charge in [-0.3, -0.25) is 0 Å². The van der Waals surface area contributed by atoms with Crippen LogP contribution >= 0.6 is 0 Å². The first-order valence-corrected chi connectivity index (χ1v) is 13.8. The van der Waals surface area contributed by atoms with E-state index >= 15 is 0 Å². The Labute approximate surface area is 241 Å². The molecule has 4 bridgehead atoms. The Hall–Kier alpha value is -2.61. The maximum atomic E-state index is 4.86. The van der Waals surface area contributed by atoms with Gasteiger partial charge in [0.25, 0.3) is 0 Å². The molecule has 2 fully saturated rings. The summed E-state index contributed by atoms with van der Waals surface area (Å²) < 4.78 is 0. The van der Waals surface area contributed by atoms with Crippen LogP contribution in [0.15, 0.2) is 73.1 Å². The predicted molar refractivity (Wildman–Crippen MR) is 152 cm³/mol. The molecule has 6 aliphatic carbocycles. The van der Waals surface area contributed by atoms with E-state index in [9.17, 15) is 0 Å². The van der Waals surface area contributed by atoms with Crippen molar-refractivity contribution in [3.05, 3.63) is 107 Å². The van der Waals surface area contributed by atoms with Gasteiger partial charge in [-0.05, 0) is 84.9 Å². The molecule has 38 heavy (non-hydrogen) atoms. The molecular weight excluding hydrogens is 641 g/mol. The fraction of sp³-hybridized carbons (Fsp3) is 0.371. The molecule has 10 rings (SSSR count). The van der Waals surface area contributed by atoms with Crippen molar-refractivity contribution in [1.29, 1.82) is 0 Å². The van der Waals surface area contributed by atoms with Crippen molar-refractivity contribution in [2.45, 2.75) is 82.5 Å². The first-order chi connectivity index (χ1) is 17.8. The van der Waals surface area contributed by atoms with E-state index in [1.165, 1.54) is 56.9 Å². The molecule has 2 aromatic heterocycles. The van der Waals surface area contributed by atoms with Crippen molar-refractivity contribution in [3.63, 3.8) is 0 Å². The van der Waals surface area contributed by atoms with Gasteiger partial charge in [0.05, 0.1) is 0 Å². The minimum Gasteiger partial charge on any atom is -0.305 e. The normalized spacial score (nSPS) is 23.6. The zero-order chi connectivity index (χ0) is 23.9. The number of benzene rings is 2. The maximum absolute atomic E-state index is 4.86. The van der Waals surface area contributed by atoms with Crippen molar-refractivity contribution in [2.24, 2.45) is 0 Å². The van der Waals surface area contributed by atoms with E-state index in [2.05, 4.69) is 41.5 Å². The van der Waals surface area contributed by atoms with Gasteiger partial charge < -0.3 is 9.97 Å². The predicted octanol–water partition coefficient (Wildman–Crippen LogP) is 9.24. The van der Waals surface area contributed by atoms with E-state index < -0.39 is 0 Å². The van der Waals surface area contributed by atoms with Gasteiger partial charge in [0.15, 0.2) is 0 Å². The summed E-state index contributed by atoms with van der Waals surface area (Å²) >= 11 is 0. The summed E-state index contributed by atoms with van der Waals surface area (Å²) in [7, 11) is 0. The number of aromatic nitrogens is 2. The molecule has 1 radical (unpaired) electrons. The molecule has 6 aliphatic rings. The van der Waals surface area contributed by atoms with E-state index in [0.29, 0.717) is 0 Å². The molecule has 4 aromatic rings. The SMILES string of the molecule is C.[Ir].[c-]1cc2c(cc1-c1cc3c(cn1)C1CCC3CC1)C1CCC2CC1.[c-]1ccccc1-c1ccccn1. The van der Waals surface area contributed by atoms with E-state index in [-0.39, 0.29) is 27.5 Å². The maximum Gasteiger partial charge on any atom is 0.0198 e. The summed E-state index contributed by atoms with van der Waals surface area (Å²) in [5.41, 5.74) is 10.8. The second kappa shape index (κ2) is 11.6. The number of pyridine rings is 2. The van der Waals surface area contributed by atoms with Crippen LogP contribution in [0.4, 0.5) is 0 Å². The Bertz CT molecular complexity index is 1240. The minimum atomic E-state index is 0. The topological polar surface area (TPSA) is 25.8 Å². The molecule has 2 aromatic carbocycles. The molecule has 2 nitrogen and oxygen atoms in total. The van der Waals surface area contributed by atoms with E-state index in [0.717, 1.165) is 40.6 Å². The molecule has 2 heterocycles. The van der Waals surface area contributed by atoms with Gasteiger partial charge in [0.2, 0.25) is 0 Å². The molecule has 197 valence electrons. The van der Waals surface area contributed by atoms with Crippen molar-refractivity contribution in [3.8, 4) is 22.5 Å². The number of hydrogen-bond donors (Lipinski definition) is 0. The quantitative estimate of drug-likeness (QED) is 0.198. The van der Waals surface area contributed by atoms with E-state index in [1.54, 1.807) is 28.5 Å². The van der Waals surface area contributed by atoms with Crippen LogP contribution in [0.3, 0.4) is 0 Å². The Morgan fingerprint density at radius 2 is 1.21 bits per heavy atom. The summed E-state index contributed by atoms with van der Waals surface area (Å²) in [5, 5.41) is 0. The summed E-state index contributed by atoms with van der Waals surface area (Å²) in [6.07, 6.45) is 15.1. The monoisotopic (exact) mass is 677 g/mol. The van der Waals surface area contributed by atoms with Gasteiger partial charge in [-0.1, -0.05) is 44.4 Å². The standard InChI is InChI=1S/C23H24N.C11H8N.CH4.Ir/c1-3-15-4-2-14(1)19-10-9-18(11-20(15)19)23-12-21-16-5-7-17(8-6-16)22(21)13-24-23;1-2-6-10(7-3-1)11-8-4-5-9-12-11;;/h10-17H,1-8H2;1-6,8-9H;1H4;/q2*-1;;. The van der Waals surface area contributed by atoms with Crippen molar-refractivity contribution < 1.29 is 20.1 Å². The first-order valence-electron chi connectivity index (χ1n) is 13.8. The summed E-state index contributed by atoms with van der Waals surface area (Å²) in [6.45, 7) is 0. The number of rotatable bonds is 2. The Morgan fingerprint density at radius 3 is 1.84 bits per heavy atom. The third-order valence-corrected chi connectivity index (χ3v) is 9.12. The van der Waals surface area contributed by atoms with Crippen molar-refractivity contribution in [2.75, 3.05) is 0 Å². The van der Waals surface area contributed by atoms with Crippen LogP contribution < -0.4 is 0 Å².